The van der Waals surface area contributed by atoms with Crippen LogP contribution < -0.4 is 11.1 Å². The molecular weight excluding hydrogens is 356 g/mol. The molecule has 1 aliphatic carbocycles. The predicted molar refractivity (Wildman–Crippen MR) is 103 cm³/mol. The Labute approximate surface area is 162 Å². The number of hydrogen-bond acceptors (Lipinski definition) is 4. The summed E-state index contributed by atoms with van der Waals surface area (Å²) in [4.78, 5) is 42.5. The minimum Gasteiger partial charge on any atom is -0.366 e. The van der Waals surface area contributed by atoms with Crippen molar-refractivity contribution in [3.63, 3.8) is 0 Å². The smallest absolute Gasteiger partial charge is 0.313 e. The minimum absolute atomic E-state index is 0.0873. The maximum atomic E-state index is 13.0. The maximum absolute atomic E-state index is 13.0. The van der Waals surface area contributed by atoms with Crippen molar-refractivity contribution >= 4 is 23.4 Å². The van der Waals surface area contributed by atoms with E-state index >= 15 is 0 Å². The van der Waals surface area contributed by atoms with Crippen LogP contribution in [0.4, 0.5) is 5.69 Å². The fourth-order valence-corrected chi connectivity index (χ4v) is 4.29. The van der Waals surface area contributed by atoms with Gasteiger partial charge >= 0.3 is 11.8 Å². The molecule has 1 aliphatic heterocycles. The molecule has 1 aromatic heterocycles. The number of primary amides is 1. The molecule has 4 atom stereocenters. The van der Waals surface area contributed by atoms with E-state index in [1.807, 2.05) is 30.3 Å². The van der Waals surface area contributed by atoms with E-state index in [0.29, 0.717) is 24.3 Å². The Balaban J connectivity index is 1.55. The van der Waals surface area contributed by atoms with Gasteiger partial charge in [-0.2, -0.15) is 0 Å². The summed E-state index contributed by atoms with van der Waals surface area (Å²) in [7, 11) is 0. The number of nitrogens with zero attached hydrogens (tertiary/aromatic N) is 2. The van der Waals surface area contributed by atoms with Gasteiger partial charge in [0.25, 0.3) is 0 Å². The van der Waals surface area contributed by atoms with Crippen molar-refractivity contribution < 1.29 is 14.4 Å². The van der Waals surface area contributed by atoms with Crippen LogP contribution in [0.3, 0.4) is 0 Å². The van der Waals surface area contributed by atoms with Crippen molar-refractivity contribution in [2.75, 3.05) is 11.9 Å². The monoisotopic (exact) mass is 378 g/mol. The lowest BCUT2D eigenvalue weighted by atomic mass is 9.90. The summed E-state index contributed by atoms with van der Waals surface area (Å²) < 4.78 is 0. The number of carbonyl (C=O) groups excluding carboxylic acids is 3. The molecule has 2 aliphatic rings. The fourth-order valence-electron chi connectivity index (χ4n) is 4.29. The molecule has 0 radical (unpaired) electrons. The van der Waals surface area contributed by atoms with Gasteiger partial charge in [0.1, 0.15) is 0 Å². The summed E-state index contributed by atoms with van der Waals surface area (Å²) in [5.41, 5.74) is 6.73. The van der Waals surface area contributed by atoms with Crippen molar-refractivity contribution in [3.05, 3.63) is 59.9 Å². The zero-order valence-corrected chi connectivity index (χ0v) is 15.5. The fraction of sp³-hybridized carbons (Fsp3) is 0.333. The van der Waals surface area contributed by atoms with Crippen molar-refractivity contribution in [1.82, 2.24) is 9.88 Å². The largest absolute Gasteiger partial charge is 0.366 e. The number of fused-ring (bicyclic) bond motifs is 1. The van der Waals surface area contributed by atoms with E-state index in [1.165, 1.54) is 18.5 Å². The Bertz CT molecular complexity index is 930. The average Bonchev–Trinajstić information content (AvgIpc) is 3.49. The molecule has 3 amide bonds. The van der Waals surface area contributed by atoms with Crippen LogP contribution in [0.15, 0.2) is 48.8 Å². The van der Waals surface area contributed by atoms with Gasteiger partial charge in [-0.1, -0.05) is 37.3 Å². The van der Waals surface area contributed by atoms with E-state index < -0.39 is 17.7 Å². The lowest BCUT2D eigenvalue weighted by molar-refractivity contribution is -0.146. The quantitative estimate of drug-likeness (QED) is 0.797. The molecule has 2 aromatic rings. The number of hydrogen-bond donors (Lipinski definition) is 2. The van der Waals surface area contributed by atoms with E-state index in [-0.39, 0.29) is 17.3 Å². The molecule has 3 N–H and O–H groups in total. The second-order valence-corrected chi connectivity index (χ2v) is 7.63. The molecule has 0 bridgehead atoms. The molecule has 1 aromatic carbocycles. The van der Waals surface area contributed by atoms with Gasteiger partial charge < -0.3 is 16.0 Å². The summed E-state index contributed by atoms with van der Waals surface area (Å²) in [5, 5.41) is 2.55. The normalized spacial score (nSPS) is 25.5. The van der Waals surface area contributed by atoms with E-state index in [4.69, 9.17) is 5.73 Å². The van der Waals surface area contributed by atoms with Crippen LogP contribution in [-0.2, 0) is 9.59 Å². The number of piperidine rings is 1. The first kappa shape index (κ1) is 18.2. The number of nitrogens with one attached hydrogen (secondary N) is 1. The van der Waals surface area contributed by atoms with Crippen LogP contribution >= 0.6 is 0 Å². The van der Waals surface area contributed by atoms with E-state index in [2.05, 4.69) is 17.2 Å². The van der Waals surface area contributed by atoms with E-state index in [9.17, 15) is 14.4 Å². The Hall–Kier alpha value is -3.22. The van der Waals surface area contributed by atoms with E-state index in [1.54, 1.807) is 4.90 Å². The standard InChI is InChI=1S/C21H22N4O3/c1-12-11-25(18(17-8-16(12)17)13-5-3-2-4-6-13)21(28)20(27)24-15-7-14(19(22)26)9-23-10-15/h2-7,9-10,12,16-18H,8,11H2,1H3,(H2,22,26)(H,24,27)/t12-,16?,17+,18+/m0/s1. The average molecular weight is 378 g/mol. The molecule has 1 saturated heterocycles. The van der Waals surface area contributed by atoms with Gasteiger partial charge in [0.15, 0.2) is 0 Å². The number of likely N-dealkylation sites (tertiary alicyclic amines) is 1. The van der Waals surface area contributed by atoms with Gasteiger partial charge in [-0.25, -0.2) is 0 Å². The zero-order chi connectivity index (χ0) is 19.8. The molecule has 1 saturated carbocycles. The lowest BCUT2D eigenvalue weighted by Gasteiger charge is -2.38. The number of amides is 3. The Morgan fingerprint density at radius 2 is 1.89 bits per heavy atom. The molecule has 0 spiro atoms. The first-order valence-corrected chi connectivity index (χ1v) is 9.37. The molecule has 1 unspecified atom stereocenters. The number of rotatable bonds is 3. The summed E-state index contributed by atoms with van der Waals surface area (Å²) >= 11 is 0. The summed E-state index contributed by atoms with van der Waals surface area (Å²) in [6.07, 6.45) is 3.77. The van der Waals surface area contributed by atoms with Crippen LogP contribution in [-0.4, -0.2) is 34.2 Å². The summed E-state index contributed by atoms with van der Waals surface area (Å²) in [6.45, 7) is 2.68. The van der Waals surface area contributed by atoms with Gasteiger partial charge in [-0.3, -0.25) is 19.4 Å². The molecule has 4 rings (SSSR count). The van der Waals surface area contributed by atoms with Crippen LogP contribution in [0.5, 0.6) is 0 Å². The molecule has 7 heteroatoms. The molecule has 28 heavy (non-hydrogen) atoms. The Morgan fingerprint density at radius 1 is 1.14 bits per heavy atom. The molecule has 144 valence electrons. The third-order valence-corrected chi connectivity index (χ3v) is 5.72. The number of anilines is 1. The number of benzene rings is 1. The molecule has 2 heterocycles. The first-order valence-electron chi connectivity index (χ1n) is 9.37. The minimum atomic E-state index is -0.740. The van der Waals surface area contributed by atoms with Gasteiger partial charge in [0.2, 0.25) is 5.91 Å². The second-order valence-electron chi connectivity index (χ2n) is 7.63. The van der Waals surface area contributed by atoms with Gasteiger partial charge in [0.05, 0.1) is 23.5 Å². The number of pyridine rings is 1. The number of nitrogens with two attached hydrogens (primary N) is 1. The van der Waals surface area contributed by atoms with E-state index in [0.717, 1.165) is 12.0 Å². The highest BCUT2D eigenvalue weighted by atomic mass is 16.2. The van der Waals surface area contributed by atoms with Crippen LogP contribution in [0, 0.1) is 17.8 Å². The molecule has 2 fully saturated rings. The zero-order valence-electron chi connectivity index (χ0n) is 15.5. The highest BCUT2D eigenvalue weighted by molar-refractivity contribution is 6.39. The van der Waals surface area contributed by atoms with Gasteiger partial charge in [-0.15, -0.1) is 0 Å². The highest BCUT2D eigenvalue weighted by Crippen LogP contribution is 2.57. The van der Waals surface area contributed by atoms with Gasteiger partial charge in [0, 0.05) is 12.7 Å². The highest BCUT2D eigenvalue weighted by Gasteiger charge is 2.54. The SMILES string of the molecule is C[C@H]1CN(C(=O)C(=O)Nc2cncc(C(N)=O)c2)[C@H](c2ccccc2)[C@@H]2CC21. The van der Waals surface area contributed by atoms with Gasteiger partial charge in [-0.05, 0) is 35.8 Å². The third kappa shape index (κ3) is 3.35. The second kappa shape index (κ2) is 7.07. The topological polar surface area (TPSA) is 105 Å². The van der Waals surface area contributed by atoms with Crippen molar-refractivity contribution in [1.29, 1.82) is 0 Å². The Kier molecular flexibility index (Phi) is 4.58. The van der Waals surface area contributed by atoms with Crippen LogP contribution in [0.25, 0.3) is 0 Å². The third-order valence-electron chi connectivity index (χ3n) is 5.72. The molecular formula is C21H22N4O3. The van der Waals surface area contributed by atoms with Crippen LogP contribution in [0.1, 0.15) is 35.3 Å². The Morgan fingerprint density at radius 3 is 2.61 bits per heavy atom. The van der Waals surface area contributed by atoms with Crippen molar-refractivity contribution in [3.8, 4) is 0 Å². The van der Waals surface area contributed by atoms with Crippen molar-refractivity contribution in [2.24, 2.45) is 23.5 Å². The number of aromatic nitrogens is 1. The van der Waals surface area contributed by atoms with Crippen LogP contribution in [0.2, 0.25) is 0 Å². The first-order chi connectivity index (χ1) is 13.5. The van der Waals surface area contributed by atoms with Crippen molar-refractivity contribution in [2.45, 2.75) is 19.4 Å². The predicted octanol–water partition coefficient (Wildman–Crippen LogP) is 1.97. The lowest BCUT2D eigenvalue weighted by Crippen LogP contribution is -2.47. The maximum Gasteiger partial charge on any atom is 0.313 e. The molecule has 7 nitrogen and oxygen atoms in total. The summed E-state index contributed by atoms with van der Waals surface area (Å²) in [5.74, 6) is -0.604. The summed E-state index contributed by atoms with van der Waals surface area (Å²) in [6, 6.07) is 11.2. The number of carbonyl (C=O) groups is 3.